The molecule has 2 N–H and O–H groups in total. The van der Waals surface area contributed by atoms with Gasteiger partial charge in [0.25, 0.3) is 0 Å². The van der Waals surface area contributed by atoms with Crippen molar-refractivity contribution in [3.63, 3.8) is 0 Å². The van der Waals surface area contributed by atoms with Gasteiger partial charge < -0.3 is 14.8 Å². The van der Waals surface area contributed by atoms with E-state index in [0.717, 1.165) is 10.6 Å². The van der Waals surface area contributed by atoms with Gasteiger partial charge in [-0.05, 0) is 18.2 Å². The molecule has 122 valence electrons. The SMILES string of the molecule is CN(CC(=O)Nc1ccccc1C(=O)O)S(=O)(=O)c1ccoc1. The van der Waals surface area contributed by atoms with Crippen molar-refractivity contribution in [1.82, 2.24) is 4.31 Å². The average Bonchev–Trinajstić information content (AvgIpc) is 3.02. The minimum absolute atomic E-state index is 0.0706. The minimum Gasteiger partial charge on any atom is -0.478 e. The number of furan rings is 1. The Morgan fingerprint density at radius 2 is 1.96 bits per heavy atom. The molecule has 2 rings (SSSR count). The van der Waals surface area contributed by atoms with Gasteiger partial charge in [-0.15, -0.1) is 0 Å². The number of aromatic carboxylic acids is 1. The molecular weight excluding hydrogens is 324 g/mol. The molecule has 8 nitrogen and oxygen atoms in total. The third kappa shape index (κ3) is 3.76. The molecule has 9 heteroatoms. The monoisotopic (exact) mass is 338 g/mol. The summed E-state index contributed by atoms with van der Waals surface area (Å²) < 4.78 is 29.9. The van der Waals surface area contributed by atoms with E-state index in [0.29, 0.717) is 0 Å². The first-order chi connectivity index (χ1) is 10.8. The highest BCUT2D eigenvalue weighted by Crippen LogP contribution is 2.16. The van der Waals surface area contributed by atoms with Crippen molar-refractivity contribution in [1.29, 1.82) is 0 Å². The van der Waals surface area contributed by atoms with Gasteiger partial charge >= 0.3 is 5.97 Å². The second-order valence-corrected chi connectivity index (χ2v) is 6.66. The van der Waals surface area contributed by atoms with Crippen LogP contribution in [0.3, 0.4) is 0 Å². The number of carbonyl (C=O) groups is 2. The first-order valence-electron chi connectivity index (χ1n) is 6.43. The number of hydrogen-bond donors (Lipinski definition) is 2. The van der Waals surface area contributed by atoms with Crippen molar-refractivity contribution < 1.29 is 27.5 Å². The molecule has 0 radical (unpaired) electrons. The Morgan fingerprint density at radius 3 is 2.57 bits per heavy atom. The molecule has 0 unspecified atom stereocenters. The number of carboxylic acid groups (broad SMARTS) is 1. The van der Waals surface area contributed by atoms with E-state index < -0.39 is 28.4 Å². The fourth-order valence-corrected chi connectivity index (χ4v) is 2.89. The van der Waals surface area contributed by atoms with Gasteiger partial charge in [-0.1, -0.05) is 12.1 Å². The predicted octanol–water partition coefficient (Wildman–Crippen LogP) is 1.24. The van der Waals surface area contributed by atoms with E-state index in [9.17, 15) is 18.0 Å². The number of para-hydroxylation sites is 1. The normalized spacial score (nSPS) is 11.4. The lowest BCUT2D eigenvalue weighted by Gasteiger charge is -2.16. The Labute approximate surface area is 132 Å². The number of rotatable bonds is 6. The number of sulfonamides is 1. The number of benzene rings is 1. The highest BCUT2D eigenvalue weighted by atomic mass is 32.2. The second-order valence-electron chi connectivity index (χ2n) is 4.62. The Kier molecular flexibility index (Phi) is 4.82. The molecule has 0 saturated carbocycles. The second kappa shape index (κ2) is 6.63. The molecule has 0 fully saturated rings. The van der Waals surface area contributed by atoms with Gasteiger partial charge in [-0.3, -0.25) is 4.79 Å². The van der Waals surface area contributed by atoms with E-state index in [-0.39, 0.29) is 16.1 Å². The van der Waals surface area contributed by atoms with Crippen LogP contribution in [0.1, 0.15) is 10.4 Å². The van der Waals surface area contributed by atoms with Crippen LogP contribution in [0, 0.1) is 0 Å². The summed E-state index contributed by atoms with van der Waals surface area (Å²) in [7, 11) is -2.61. The average molecular weight is 338 g/mol. The molecule has 0 atom stereocenters. The molecular formula is C14H14N2O6S. The first-order valence-corrected chi connectivity index (χ1v) is 7.87. The van der Waals surface area contributed by atoms with Crippen LogP contribution in [0.5, 0.6) is 0 Å². The first kappa shape index (κ1) is 16.7. The van der Waals surface area contributed by atoms with E-state index in [1.54, 1.807) is 6.07 Å². The van der Waals surface area contributed by atoms with Crippen molar-refractivity contribution in [2.75, 3.05) is 18.9 Å². The third-order valence-electron chi connectivity index (χ3n) is 3.00. The van der Waals surface area contributed by atoms with E-state index in [1.165, 1.54) is 37.6 Å². The molecule has 2 aromatic rings. The van der Waals surface area contributed by atoms with E-state index in [4.69, 9.17) is 9.52 Å². The minimum atomic E-state index is -3.85. The largest absolute Gasteiger partial charge is 0.478 e. The van der Waals surface area contributed by atoms with Crippen LogP contribution in [-0.2, 0) is 14.8 Å². The molecule has 23 heavy (non-hydrogen) atoms. The zero-order valence-corrected chi connectivity index (χ0v) is 12.9. The van der Waals surface area contributed by atoms with Gasteiger partial charge in [0.1, 0.15) is 11.2 Å². The van der Waals surface area contributed by atoms with Crippen molar-refractivity contribution in [2.45, 2.75) is 4.90 Å². The van der Waals surface area contributed by atoms with Crippen LogP contribution in [0.4, 0.5) is 5.69 Å². The molecule has 0 aliphatic rings. The number of nitrogens with zero attached hydrogens (tertiary/aromatic N) is 1. The smallest absolute Gasteiger partial charge is 0.337 e. The molecule has 0 saturated heterocycles. The summed E-state index contributed by atoms with van der Waals surface area (Å²) in [5, 5.41) is 11.4. The summed E-state index contributed by atoms with van der Waals surface area (Å²) in [6, 6.07) is 7.11. The molecule has 1 aromatic carbocycles. The lowest BCUT2D eigenvalue weighted by atomic mass is 10.2. The Hall–Kier alpha value is -2.65. The topological polar surface area (TPSA) is 117 Å². The number of amides is 1. The number of carboxylic acids is 1. The molecule has 0 bridgehead atoms. The third-order valence-corrected chi connectivity index (χ3v) is 4.78. The molecule has 1 aromatic heterocycles. The summed E-state index contributed by atoms with van der Waals surface area (Å²) in [5.41, 5.74) is 0.0142. The maximum Gasteiger partial charge on any atom is 0.337 e. The van der Waals surface area contributed by atoms with Gasteiger partial charge in [-0.2, -0.15) is 4.31 Å². The summed E-state index contributed by atoms with van der Waals surface area (Å²) in [6.45, 7) is -0.471. The molecule has 1 heterocycles. The summed E-state index contributed by atoms with van der Waals surface area (Å²) in [6.07, 6.45) is 2.27. The Balaban J connectivity index is 2.10. The van der Waals surface area contributed by atoms with Crippen LogP contribution in [0.15, 0.2) is 52.2 Å². The number of nitrogens with one attached hydrogen (secondary N) is 1. The van der Waals surface area contributed by atoms with Gasteiger partial charge in [0.05, 0.1) is 24.1 Å². The van der Waals surface area contributed by atoms with Crippen LogP contribution >= 0.6 is 0 Å². The molecule has 0 spiro atoms. The number of hydrogen-bond acceptors (Lipinski definition) is 5. The molecule has 1 amide bonds. The highest BCUT2D eigenvalue weighted by Gasteiger charge is 2.24. The molecule has 0 aliphatic heterocycles. The summed E-state index contributed by atoms with van der Waals surface area (Å²) in [4.78, 5) is 23.0. The standard InChI is InChI=1S/C14H14N2O6S/c1-16(23(20,21)10-6-7-22-9-10)8-13(17)15-12-5-3-2-4-11(12)14(18)19/h2-7,9H,8H2,1H3,(H,15,17)(H,18,19). The van der Waals surface area contributed by atoms with Gasteiger partial charge in [0.15, 0.2) is 0 Å². The number of carbonyl (C=O) groups excluding carboxylic acids is 1. The van der Waals surface area contributed by atoms with Crippen molar-refractivity contribution in [3.8, 4) is 0 Å². The molecule has 0 aliphatic carbocycles. The Bertz CT molecular complexity index is 814. The van der Waals surface area contributed by atoms with E-state index in [2.05, 4.69) is 5.32 Å². The van der Waals surface area contributed by atoms with Crippen molar-refractivity contribution >= 4 is 27.6 Å². The quantitative estimate of drug-likeness (QED) is 0.818. The van der Waals surface area contributed by atoms with Gasteiger partial charge in [0.2, 0.25) is 15.9 Å². The van der Waals surface area contributed by atoms with Gasteiger partial charge in [-0.25, -0.2) is 13.2 Å². The summed E-state index contributed by atoms with van der Waals surface area (Å²) >= 11 is 0. The van der Waals surface area contributed by atoms with Crippen LogP contribution < -0.4 is 5.32 Å². The van der Waals surface area contributed by atoms with Crippen molar-refractivity contribution in [3.05, 3.63) is 48.4 Å². The van der Waals surface area contributed by atoms with Crippen molar-refractivity contribution in [2.24, 2.45) is 0 Å². The fraction of sp³-hybridized carbons (Fsp3) is 0.143. The Morgan fingerprint density at radius 1 is 1.26 bits per heavy atom. The maximum absolute atomic E-state index is 12.1. The van der Waals surface area contributed by atoms with Gasteiger partial charge in [0, 0.05) is 7.05 Å². The number of likely N-dealkylation sites (N-methyl/N-ethyl adjacent to an activating group) is 1. The van der Waals surface area contributed by atoms with Crippen LogP contribution in [0.25, 0.3) is 0 Å². The number of anilines is 1. The van der Waals surface area contributed by atoms with Crippen LogP contribution in [-0.4, -0.2) is 43.3 Å². The predicted molar refractivity (Wildman–Crippen MR) is 80.6 cm³/mol. The lowest BCUT2D eigenvalue weighted by molar-refractivity contribution is -0.116. The zero-order valence-electron chi connectivity index (χ0n) is 12.1. The fourth-order valence-electron chi connectivity index (χ4n) is 1.83. The maximum atomic E-state index is 12.1. The van der Waals surface area contributed by atoms with E-state index >= 15 is 0 Å². The highest BCUT2D eigenvalue weighted by molar-refractivity contribution is 7.89. The van der Waals surface area contributed by atoms with E-state index in [1.807, 2.05) is 0 Å². The van der Waals surface area contributed by atoms with Crippen LogP contribution in [0.2, 0.25) is 0 Å². The zero-order chi connectivity index (χ0) is 17.0. The summed E-state index contributed by atoms with van der Waals surface area (Å²) in [5.74, 6) is -1.85. The lowest BCUT2D eigenvalue weighted by Crippen LogP contribution is -2.35.